The number of carbonyl (C=O) groups excluding carboxylic acids is 3. The molecule has 0 aromatic rings. The van der Waals surface area contributed by atoms with E-state index in [-0.39, 0.29) is 25.0 Å². The maximum Gasteiger partial charge on any atom is 0.330 e. The number of hydrogen-bond acceptors (Lipinski definition) is 5. The molecule has 0 amide bonds. The average molecular weight is 298 g/mol. The first-order valence-corrected chi connectivity index (χ1v) is 7.31. The average Bonchev–Trinajstić information content (AvgIpc) is 2.47. The van der Waals surface area contributed by atoms with Crippen LogP contribution in [0.2, 0.25) is 0 Å². The summed E-state index contributed by atoms with van der Waals surface area (Å²) < 4.78 is 9.92. The van der Waals surface area contributed by atoms with E-state index < -0.39 is 11.4 Å². The highest BCUT2D eigenvalue weighted by Gasteiger charge is 2.26. The molecule has 0 saturated heterocycles. The van der Waals surface area contributed by atoms with Gasteiger partial charge >= 0.3 is 11.9 Å². The second kappa shape index (κ2) is 10.1. The Morgan fingerprint density at radius 1 is 1.05 bits per heavy atom. The summed E-state index contributed by atoms with van der Waals surface area (Å²) in [6.07, 6.45) is 3.56. The molecule has 5 nitrogen and oxygen atoms in total. The lowest BCUT2D eigenvalue weighted by Gasteiger charge is -2.20. The van der Waals surface area contributed by atoms with Crippen LogP contribution in [-0.4, -0.2) is 30.9 Å². The van der Waals surface area contributed by atoms with Crippen molar-refractivity contribution < 1.29 is 23.9 Å². The van der Waals surface area contributed by atoms with E-state index >= 15 is 0 Å². The van der Waals surface area contributed by atoms with Crippen molar-refractivity contribution in [2.75, 3.05) is 13.2 Å². The zero-order valence-electron chi connectivity index (χ0n) is 13.3. The van der Waals surface area contributed by atoms with Gasteiger partial charge in [-0.1, -0.05) is 13.5 Å². The molecule has 0 N–H and O–H groups in total. The Hall–Kier alpha value is -1.65. The van der Waals surface area contributed by atoms with Gasteiger partial charge < -0.3 is 9.47 Å². The van der Waals surface area contributed by atoms with Gasteiger partial charge in [-0.2, -0.15) is 0 Å². The maximum absolute atomic E-state index is 11.7. The van der Waals surface area contributed by atoms with Crippen LogP contribution in [0.4, 0.5) is 0 Å². The topological polar surface area (TPSA) is 69.7 Å². The Balaban J connectivity index is 3.65. The molecular weight excluding hydrogens is 272 g/mol. The van der Waals surface area contributed by atoms with Gasteiger partial charge in [0.25, 0.3) is 0 Å². The Kier molecular flexibility index (Phi) is 9.34. The van der Waals surface area contributed by atoms with E-state index in [4.69, 9.17) is 9.47 Å². The first kappa shape index (κ1) is 19.4. The van der Waals surface area contributed by atoms with Crippen molar-refractivity contribution in [2.24, 2.45) is 5.41 Å². The van der Waals surface area contributed by atoms with E-state index in [1.165, 1.54) is 0 Å². The van der Waals surface area contributed by atoms with Gasteiger partial charge in [0.15, 0.2) is 0 Å². The minimum atomic E-state index is -0.479. The van der Waals surface area contributed by atoms with Gasteiger partial charge in [-0.25, -0.2) is 4.79 Å². The summed E-state index contributed by atoms with van der Waals surface area (Å²) in [6, 6.07) is 0. The van der Waals surface area contributed by atoms with Gasteiger partial charge in [0.2, 0.25) is 0 Å². The van der Waals surface area contributed by atoms with Gasteiger partial charge in [0, 0.05) is 18.9 Å². The van der Waals surface area contributed by atoms with Crippen molar-refractivity contribution in [3.63, 3.8) is 0 Å². The summed E-state index contributed by atoms with van der Waals surface area (Å²) >= 11 is 0. The molecule has 21 heavy (non-hydrogen) atoms. The maximum atomic E-state index is 11.7. The zero-order chi connectivity index (χ0) is 16.3. The highest BCUT2D eigenvalue weighted by atomic mass is 16.5. The summed E-state index contributed by atoms with van der Waals surface area (Å²) in [5.41, 5.74) is -0.473. The van der Waals surface area contributed by atoms with E-state index in [0.29, 0.717) is 32.1 Å². The van der Waals surface area contributed by atoms with Crippen LogP contribution < -0.4 is 0 Å². The molecule has 0 aliphatic rings. The molecule has 5 heteroatoms. The normalized spacial score (nSPS) is 10.8. The van der Waals surface area contributed by atoms with Gasteiger partial charge in [-0.15, -0.1) is 0 Å². The summed E-state index contributed by atoms with van der Waals surface area (Å²) in [5.74, 6) is -0.628. The number of ketones is 1. The smallest absolute Gasteiger partial charge is 0.330 e. The summed E-state index contributed by atoms with van der Waals surface area (Å²) in [4.78, 5) is 34.0. The number of hydrogen-bond donors (Lipinski definition) is 0. The second-order valence-electron chi connectivity index (χ2n) is 5.49. The van der Waals surface area contributed by atoms with E-state index in [1.54, 1.807) is 0 Å². The van der Waals surface area contributed by atoms with E-state index in [0.717, 1.165) is 6.08 Å². The van der Waals surface area contributed by atoms with Crippen molar-refractivity contribution in [2.45, 2.75) is 52.9 Å². The predicted molar refractivity (Wildman–Crippen MR) is 79.7 cm³/mol. The fourth-order valence-electron chi connectivity index (χ4n) is 1.40. The molecule has 0 radical (unpaired) electrons. The lowest BCUT2D eigenvalue weighted by atomic mass is 9.91. The fraction of sp³-hybridized carbons (Fsp3) is 0.688. The minimum Gasteiger partial charge on any atom is -0.465 e. The van der Waals surface area contributed by atoms with Crippen LogP contribution >= 0.6 is 0 Å². The van der Waals surface area contributed by atoms with Crippen LogP contribution in [0.15, 0.2) is 12.7 Å². The summed E-state index contributed by atoms with van der Waals surface area (Å²) in [6.45, 7) is 9.37. The highest BCUT2D eigenvalue weighted by molar-refractivity contribution is 5.81. The van der Waals surface area contributed by atoms with Gasteiger partial charge in [-0.05, 0) is 33.1 Å². The molecular formula is C16H26O5. The molecule has 0 aromatic carbocycles. The molecule has 0 unspecified atom stereocenters. The number of carbonyl (C=O) groups is 3. The van der Waals surface area contributed by atoms with Crippen molar-refractivity contribution in [3.05, 3.63) is 12.7 Å². The number of ether oxygens (including phenoxy) is 2. The number of rotatable bonds is 11. The first-order valence-electron chi connectivity index (χ1n) is 7.31. The van der Waals surface area contributed by atoms with Crippen LogP contribution in [0.25, 0.3) is 0 Å². The SMILES string of the molecule is C=CC(=O)OCCCC(=O)CCCOC(=O)C(C)(C)CC. The standard InChI is InChI=1S/C16H26O5/c1-5-14(18)20-11-7-9-13(17)10-8-12-21-15(19)16(3,4)6-2/h5H,1,6-12H2,2-4H3. The Bertz CT molecular complexity index is 371. The van der Waals surface area contributed by atoms with Gasteiger partial charge in [0.05, 0.1) is 18.6 Å². The van der Waals surface area contributed by atoms with E-state index in [1.807, 2.05) is 20.8 Å². The highest BCUT2D eigenvalue weighted by Crippen LogP contribution is 2.21. The Morgan fingerprint density at radius 2 is 1.57 bits per heavy atom. The Labute approximate surface area is 126 Å². The van der Waals surface area contributed by atoms with Crippen LogP contribution in [-0.2, 0) is 23.9 Å². The van der Waals surface area contributed by atoms with Crippen LogP contribution in [0.1, 0.15) is 52.9 Å². The lowest BCUT2D eigenvalue weighted by Crippen LogP contribution is -2.26. The monoisotopic (exact) mass is 298 g/mol. The molecule has 0 rings (SSSR count). The molecule has 0 atom stereocenters. The third-order valence-corrected chi connectivity index (χ3v) is 3.28. The molecule has 0 fully saturated rings. The largest absolute Gasteiger partial charge is 0.465 e. The molecule has 0 aromatic heterocycles. The molecule has 0 aliphatic carbocycles. The number of Topliss-reactive ketones (excluding diaryl/α,β-unsaturated/α-hetero) is 1. The van der Waals surface area contributed by atoms with Crippen molar-refractivity contribution >= 4 is 17.7 Å². The molecule has 0 heterocycles. The quantitative estimate of drug-likeness (QED) is 0.333. The number of esters is 2. The fourth-order valence-corrected chi connectivity index (χ4v) is 1.40. The van der Waals surface area contributed by atoms with Gasteiger partial charge in [0.1, 0.15) is 5.78 Å². The van der Waals surface area contributed by atoms with Gasteiger partial charge in [-0.3, -0.25) is 9.59 Å². The summed E-state index contributed by atoms with van der Waals surface area (Å²) in [5, 5.41) is 0. The van der Waals surface area contributed by atoms with Crippen LogP contribution in [0.3, 0.4) is 0 Å². The second-order valence-corrected chi connectivity index (χ2v) is 5.49. The molecule has 120 valence electrons. The predicted octanol–water partition coefficient (Wildman–Crippen LogP) is 2.82. The minimum absolute atomic E-state index is 0.0791. The van der Waals surface area contributed by atoms with E-state index in [9.17, 15) is 14.4 Å². The third-order valence-electron chi connectivity index (χ3n) is 3.28. The van der Waals surface area contributed by atoms with Crippen molar-refractivity contribution in [1.29, 1.82) is 0 Å². The van der Waals surface area contributed by atoms with Crippen molar-refractivity contribution in [1.82, 2.24) is 0 Å². The molecule has 0 bridgehead atoms. The van der Waals surface area contributed by atoms with Crippen molar-refractivity contribution in [3.8, 4) is 0 Å². The zero-order valence-corrected chi connectivity index (χ0v) is 13.3. The molecule has 0 aliphatic heterocycles. The first-order chi connectivity index (χ1) is 9.83. The summed E-state index contributed by atoms with van der Waals surface area (Å²) in [7, 11) is 0. The van der Waals surface area contributed by atoms with Crippen LogP contribution in [0.5, 0.6) is 0 Å². The van der Waals surface area contributed by atoms with Crippen LogP contribution in [0, 0.1) is 5.41 Å². The Morgan fingerprint density at radius 3 is 2.05 bits per heavy atom. The lowest BCUT2D eigenvalue weighted by molar-refractivity contribution is -0.154. The molecule has 0 spiro atoms. The third kappa shape index (κ3) is 9.00. The van der Waals surface area contributed by atoms with E-state index in [2.05, 4.69) is 6.58 Å². The molecule has 0 saturated carbocycles.